The smallest absolute Gasteiger partial charge is 0.374 e. The zero-order valence-corrected chi connectivity index (χ0v) is 15.0. The van der Waals surface area contributed by atoms with Crippen LogP contribution in [0.25, 0.3) is 6.08 Å². The molecule has 0 aliphatic rings. The van der Waals surface area contributed by atoms with E-state index in [1.165, 1.54) is 20.3 Å². The third-order valence-electron chi connectivity index (χ3n) is 2.57. The normalized spacial score (nSPS) is 14.0. The minimum atomic E-state index is -3.68. The number of nitrogens with one attached hydrogen (secondary N) is 1. The van der Waals surface area contributed by atoms with Gasteiger partial charge in [0.2, 0.25) is 11.7 Å². The van der Waals surface area contributed by atoms with Crippen molar-refractivity contribution in [1.82, 2.24) is 0 Å². The first-order valence-corrected chi connectivity index (χ1v) is 8.74. The minimum absolute atomic E-state index is 0.686. The van der Waals surface area contributed by atoms with E-state index >= 15 is 0 Å². The van der Waals surface area contributed by atoms with Crippen LogP contribution in [0.1, 0.15) is 5.56 Å². The second-order valence-electron chi connectivity index (χ2n) is 4.01. The summed E-state index contributed by atoms with van der Waals surface area (Å²) in [6, 6.07) is 9.20. The van der Waals surface area contributed by atoms with Gasteiger partial charge in [0.15, 0.2) is 0 Å². The molecule has 122 valence electrons. The summed E-state index contributed by atoms with van der Waals surface area (Å²) in [6.07, 6.45) is 3.06. The molecule has 1 N–H and O–H groups in total. The topological polar surface area (TPSA) is 68.6 Å². The molecule has 0 aromatic heterocycles. The molecule has 9 heteroatoms. The Kier molecular flexibility index (Phi) is 7.39. The maximum Gasteiger partial charge on any atom is 0.374 e. The van der Waals surface area contributed by atoms with E-state index in [-0.39, 0.29) is 0 Å². The fraction of sp³-hybridized carbons (Fsp3) is 0.308. The Morgan fingerprint density at radius 2 is 1.77 bits per heavy atom. The van der Waals surface area contributed by atoms with Crippen LogP contribution in [0.15, 0.2) is 36.4 Å². The van der Waals surface area contributed by atoms with E-state index in [1.54, 1.807) is 6.08 Å². The van der Waals surface area contributed by atoms with Gasteiger partial charge in [0.25, 0.3) is 3.79 Å². The predicted molar refractivity (Wildman–Crippen MR) is 90.0 cm³/mol. The summed E-state index contributed by atoms with van der Waals surface area (Å²) in [5.74, 6) is -1.92. The highest BCUT2D eigenvalue weighted by Gasteiger charge is 2.39. The van der Waals surface area contributed by atoms with Crippen LogP contribution in [0.4, 0.5) is 0 Å². The van der Waals surface area contributed by atoms with Crippen LogP contribution in [0.2, 0.25) is 0 Å². The van der Waals surface area contributed by atoms with E-state index < -0.39 is 23.1 Å². The first-order chi connectivity index (χ1) is 10.2. The van der Waals surface area contributed by atoms with Gasteiger partial charge in [-0.1, -0.05) is 71.2 Å². The summed E-state index contributed by atoms with van der Waals surface area (Å²) in [5, 5.41) is 7.60. The van der Waals surface area contributed by atoms with E-state index in [2.05, 4.69) is 0 Å². The molecule has 1 rings (SSSR count). The lowest BCUT2D eigenvalue weighted by Crippen LogP contribution is -2.27. The molecule has 1 aromatic carbocycles. The number of benzene rings is 1. The van der Waals surface area contributed by atoms with E-state index in [9.17, 15) is 4.57 Å². The number of ether oxygens (including phenoxy) is 1. The highest BCUT2D eigenvalue weighted by atomic mass is 35.6. The van der Waals surface area contributed by atoms with Crippen molar-refractivity contribution in [3.63, 3.8) is 0 Å². The van der Waals surface area contributed by atoms with Crippen LogP contribution in [-0.2, 0) is 18.3 Å². The van der Waals surface area contributed by atoms with Crippen molar-refractivity contribution in [2.24, 2.45) is 0 Å². The van der Waals surface area contributed by atoms with Crippen LogP contribution in [0, 0.1) is 5.41 Å². The monoisotopic (exact) mass is 385 g/mol. The summed E-state index contributed by atoms with van der Waals surface area (Å²) in [4.78, 5) is 0. The average Bonchev–Trinajstić information content (AvgIpc) is 2.50. The van der Waals surface area contributed by atoms with Gasteiger partial charge in [0.05, 0.1) is 0 Å². The molecule has 0 aliphatic carbocycles. The molecule has 0 unspecified atom stereocenters. The van der Waals surface area contributed by atoms with Gasteiger partial charge in [-0.2, -0.15) is 0 Å². The standard InChI is InChI=1S/C13H15Cl3NO4P/c1-19-22(18,20-2)11(21-12(17)13(14,15)16)9-8-10-6-4-3-5-7-10/h3-9,11,17H,1-2H3/b9-8+,17-12?/t11-/m0/s1. The summed E-state index contributed by atoms with van der Waals surface area (Å²) in [5.41, 5.74) is 0.829. The third kappa shape index (κ3) is 5.58. The lowest BCUT2D eigenvalue weighted by molar-refractivity contribution is 0.204. The molecule has 5 nitrogen and oxygen atoms in total. The molecule has 0 saturated carbocycles. The quantitative estimate of drug-likeness (QED) is 0.327. The summed E-state index contributed by atoms with van der Waals surface area (Å²) >= 11 is 16.7. The Labute approximate surface area is 144 Å². The van der Waals surface area contributed by atoms with E-state index in [4.69, 9.17) is 54.0 Å². The molecule has 0 amide bonds. The van der Waals surface area contributed by atoms with Crippen LogP contribution in [0.5, 0.6) is 0 Å². The molecule has 0 spiro atoms. The van der Waals surface area contributed by atoms with Crippen molar-refractivity contribution < 1.29 is 18.3 Å². The van der Waals surface area contributed by atoms with Gasteiger partial charge in [-0.3, -0.25) is 9.97 Å². The van der Waals surface area contributed by atoms with Gasteiger partial charge < -0.3 is 13.8 Å². The molecular formula is C13H15Cl3NO4P. The third-order valence-corrected chi connectivity index (χ3v) is 5.00. The Bertz CT molecular complexity index is 566. The lowest BCUT2D eigenvalue weighted by Gasteiger charge is -2.24. The Morgan fingerprint density at radius 1 is 1.23 bits per heavy atom. The molecule has 0 heterocycles. The van der Waals surface area contributed by atoms with E-state index in [0.717, 1.165) is 5.56 Å². The molecule has 0 bridgehead atoms. The zero-order chi connectivity index (χ0) is 16.8. The summed E-state index contributed by atoms with van der Waals surface area (Å²) in [7, 11) is -1.27. The molecule has 1 aromatic rings. The average molecular weight is 387 g/mol. The van der Waals surface area contributed by atoms with Crippen LogP contribution in [-0.4, -0.2) is 29.8 Å². The molecule has 1 atom stereocenters. The fourth-order valence-electron chi connectivity index (χ4n) is 1.44. The van der Waals surface area contributed by atoms with Gasteiger partial charge in [0.1, 0.15) is 0 Å². The summed E-state index contributed by atoms with van der Waals surface area (Å²) in [6.45, 7) is 0. The largest absolute Gasteiger partial charge is 0.457 e. The zero-order valence-electron chi connectivity index (χ0n) is 11.8. The van der Waals surface area contributed by atoms with Gasteiger partial charge in [0, 0.05) is 14.2 Å². The number of hydrogen-bond donors (Lipinski definition) is 1. The van der Waals surface area contributed by atoms with Crippen molar-refractivity contribution in [3.8, 4) is 0 Å². The van der Waals surface area contributed by atoms with E-state index in [1.807, 2.05) is 30.3 Å². The number of alkyl halides is 3. The molecule has 0 radical (unpaired) electrons. The van der Waals surface area contributed by atoms with Gasteiger partial charge in [-0.05, 0) is 11.6 Å². The van der Waals surface area contributed by atoms with E-state index in [0.29, 0.717) is 0 Å². The Morgan fingerprint density at radius 3 is 2.23 bits per heavy atom. The van der Waals surface area contributed by atoms with Crippen molar-refractivity contribution in [3.05, 3.63) is 42.0 Å². The Balaban J connectivity index is 3.04. The van der Waals surface area contributed by atoms with Crippen LogP contribution in [0.3, 0.4) is 0 Å². The lowest BCUT2D eigenvalue weighted by atomic mass is 10.2. The molecule has 22 heavy (non-hydrogen) atoms. The summed E-state index contributed by atoms with van der Waals surface area (Å²) < 4.78 is 25.3. The van der Waals surface area contributed by atoms with Gasteiger partial charge in [-0.15, -0.1) is 0 Å². The minimum Gasteiger partial charge on any atom is -0.457 e. The van der Waals surface area contributed by atoms with Crippen molar-refractivity contribution in [2.45, 2.75) is 9.64 Å². The number of rotatable bonds is 6. The Hall–Kier alpha value is -0.550. The molecular weight excluding hydrogens is 371 g/mol. The van der Waals surface area contributed by atoms with Gasteiger partial charge in [-0.25, -0.2) is 0 Å². The second-order valence-corrected chi connectivity index (χ2v) is 8.61. The molecule has 0 fully saturated rings. The fourth-order valence-corrected chi connectivity index (χ4v) is 2.67. The number of halogens is 3. The first kappa shape index (κ1) is 19.5. The van der Waals surface area contributed by atoms with Crippen LogP contribution >= 0.6 is 42.4 Å². The second kappa shape index (κ2) is 8.34. The maximum atomic E-state index is 12.5. The highest BCUT2D eigenvalue weighted by Crippen LogP contribution is 2.53. The first-order valence-electron chi connectivity index (χ1n) is 6.00. The van der Waals surface area contributed by atoms with Crippen molar-refractivity contribution >= 4 is 54.4 Å². The van der Waals surface area contributed by atoms with Gasteiger partial charge >= 0.3 is 7.60 Å². The number of hydrogen-bond acceptors (Lipinski definition) is 5. The van der Waals surface area contributed by atoms with Crippen molar-refractivity contribution in [2.75, 3.05) is 14.2 Å². The van der Waals surface area contributed by atoms with Crippen LogP contribution < -0.4 is 0 Å². The molecule has 0 saturated heterocycles. The highest BCUT2D eigenvalue weighted by molar-refractivity contribution is 7.54. The maximum absolute atomic E-state index is 12.5. The molecule has 0 aliphatic heterocycles. The van der Waals surface area contributed by atoms with Crippen molar-refractivity contribution in [1.29, 1.82) is 5.41 Å². The predicted octanol–water partition coefficient (Wildman–Crippen LogP) is 4.88. The SMILES string of the molecule is COP(=O)(OC)[C@@H](/C=C/c1ccccc1)OC(=N)C(Cl)(Cl)Cl.